The van der Waals surface area contributed by atoms with Gasteiger partial charge in [0.05, 0.1) is 24.3 Å². The summed E-state index contributed by atoms with van der Waals surface area (Å²) in [5.41, 5.74) is 0. The van der Waals surface area contributed by atoms with E-state index in [1.54, 1.807) is 7.11 Å². The lowest BCUT2D eigenvalue weighted by Crippen LogP contribution is -1.99. The third-order valence-corrected chi connectivity index (χ3v) is 2.45. The van der Waals surface area contributed by atoms with Gasteiger partial charge in [-0.3, -0.25) is 0 Å². The third-order valence-electron chi connectivity index (χ3n) is 1.83. The lowest BCUT2D eigenvalue weighted by Gasteiger charge is -2.11. The van der Waals surface area contributed by atoms with Crippen molar-refractivity contribution < 1.29 is 9.47 Å². The normalized spacial score (nSPS) is 9.40. The van der Waals surface area contributed by atoms with E-state index in [4.69, 9.17) is 14.7 Å². The maximum absolute atomic E-state index is 8.38. The molecule has 0 spiro atoms. The highest BCUT2D eigenvalue weighted by Gasteiger charge is 2.07. The third kappa shape index (κ3) is 3.45. The van der Waals surface area contributed by atoms with Crippen LogP contribution in [0.25, 0.3) is 0 Å². The van der Waals surface area contributed by atoms with Crippen molar-refractivity contribution in [3.8, 4) is 17.6 Å². The Morgan fingerprint density at radius 2 is 2.27 bits per heavy atom. The minimum absolute atomic E-state index is 0.507. The second kappa shape index (κ2) is 6.31. The molecule has 1 rings (SSSR count). The van der Waals surface area contributed by atoms with Crippen molar-refractivity contribution in [3.63, 3.8) is 0 Å². The van der Waals surface area contributed by atoms with Crippen LogP contribution in [0.1, 0.15) is 12.8 Å². The van der Waals surface area contributed by atoms with Crippen molar-refractivity contribution >= 4 is 15.9 Å². The van der Waals surface area contributed by atoms with Gasteiger partial charge < -0.3 is 9.47 Å². The van der Waals surface area contributed by atoms with Gasteiger partial charge in [0.1, 0.15) is 0 Å². The molecule has 0 radical (unpaired) electrons. The van der Waals surface area contributed by atoms with Crippen LogP contribution >= 0.6 is 15.9 Å². The SMILES string of the molecule is COc1cccc(Br)c1OCCCC#N. The van der Waals surface area contributed by atoms with Crippen LogP contribution in [0.2, 0.25) is 0 Å². The highest BCUT2D eigenvalue weighted by molar-refractivity contribution is 9.10. The molecule has 4 heteroatoms. The van der Waals surface area contributed by atoms with Gasteiger partial charge in [0, 0.05) is 6.42 Å². The number of ether oxygens (including phenoxy) is 2. The Kier molecular flexibility index (Phi) is 4.99. The van der Waals surface area contributed by atoms with Crippen LogP contribution in [-0.4, -0.2) is 13.7 Å². The Morgan fingerprint density at radius 1 is 1.47 bits per heavy atom. The zero-order chi connectivity index (χ0) is 11.1. The van der Waals surface area contributed by atoms with Gasteiger partial charge in [0.25, 0.3) is 0 Å². The van der Waals surface area contributed by atoms with Crippen molar-refractivity contribution in [2.24, 2.45) is 0 Å². The predicted molar refractivity (Wildman–Crippen MR) is 61.0 cm³/mol. The largest absolute Gasteiger partial charge is 0.493 e. The molecule has 0 unspecified atom stereocenters. The van der Waals surface area contributed by atoms with Gasteiger partial charge in [-0.1, -0.05) is 6.07 Å². The van der Waals surface area contributed by atoms with Crippen molar-refractivity contribution in [1.82, 2.24) is 0 Å². The molecule has 0 heterocycles. The number of halogens is 1. The van der Waals surface area contributed by atoms with E-state index in [1.807, 2.05) is 18.2 Å². The molecule has 80 valence electrons. The van der Waals surface area contributed by atoms with Crippen LogP contribution < -0.4 is 9.47 Å². The Bertz CT molecular complexity index is 360. The molecule has 0 bridgehead atoms. The van der Waals surface area contributed by atoms with E-state index >= 15 is 0 Å². The summed E-state index contributed by atoms with van der Waals surface area (Å²) in [5.74, 6) is 1.39. The topological polar surface area (TPSA) is 42.2 Å². The summed E-state index contributed by atoms with van der Waals surface area (Å²) >= 11 is 3.39. The van der Waals surface area contributed by atoms with Crippen LogP contribution in [0.4, 0.5) is 0 Å². The fourth-order valence-electron chi connectivity index (χ4n) is 1.12. The number of unbranched alkanes of at least 4 members (excludes halogenated alkanes) is 1. The highest BCUT2D eigenvalue weighted by atomic mass is 79.9. The highest BCUT2D eigenvalue weighted by Crippen LogP contribution is 2.34. The van der Waals surface area contributed by atoms with Gasteiger partial charge in [-0.15, -0.1) is 0 Å². The molecular weight excluding hydrogens is 258 g/mol. The molecule has 0 saturated carbocycles. The van der Waals surface area contributed by atoms with Crippen molar-refractivity contribution in [2.45, 2.75) is 12.8 Å². The summed E-state index contributed by atoms with van der Waals surface area (Å²) in [6.07, 6.45) is 1.23. The van der Waals surface area contributed by atoms with Gasteiger partial charge in [-0.25, -0.2) is 0 Å². The predicted octanol–water partition coefficient (Wildman–Crippen LogP) is 3.14. The summed E-state index contributed by atoms with van der Waals surface area (Å²) in [4.78, 5) is 0. The number of nitrogens with zero attached hydrogens (tertiary/aromatic N) is 1. The first-order chi connectivity index (χ1) is 7.29. The monoisotopic (exact) mass is 269 g/mol. The Labute approximate surface area is 97.7 Å². The molecule has 0 aliphatic heterocycles. The Balaban J connectivity index is 2.63. The molecule has 0 N–H and O–H groups in total. The van der Waals surface area contributed by atoms with E-state index in [0.717, 1.165) is 10.9 Å². The van der Waals surface area contributed by atoms with E-state index < -0.39 is 0 Å². The molecule has 0 aromatic heterocycles. The molecule has 1 aromatic carbocycles. The number of hydrogen-bond donors (Lipinski definition) is 0. The zero-order valence-electron chi connectivity index (χ0n) is 8.50. The summed E-state index contributed by atoms with van der Waals surface area (Å²) < 4.78 is 11.6. The van der Waals surface area contributed by atoms with Crippen LogP contribution in [0, 0.1) is 11.3 Å². The number of rotatable bonds is 5. The van der Waals surface area contributed by atoms with Gasteiger partial charge in [-0.05, 0) is 34.5 Å². The molecule has 15 heavy (non-hydrogen) atoms. The average Bonchev–Trinajstić information content (AvgIpc) is 2.26. The molecule has 0 fully saturated rings. The van der Waals surface area contributed by atoms with E-state index in [-0.39, 0.29) is 0 Å². The van der Waals surface area contributed by atoms with Crippen molar-refractivity contribution in [3.05, 3.63) is 22.7 Å². The second-order valence-electron chi connectivity index (χ2n) is 2.88. The van der Waals surface area contributed by atoms with Gasteiger partial charge in [-0.2, -0.15) is 5.26 Å². The fraction of sp³-hybridized carbons (Fsp3) is 0.364. The number of nitriles is 1. The maximum Gasteiger partial charge on any atom is 0.175 e. The van der Waals surface area contributed by atoms with Crippen LogP contribution in [0.5, 0.6) is 11.5 Å². The molecule has 3 nitrogen and oxygen atoms in total. The first kappa shape index (κ1) is 11.9. The minimum atomic E-state index is 0.507. The van der Waals surface area contributed by atoms with Crippen molar-refractivity contribution in [1.29, 1.82) is 5.26 Å². The van der Waals surface area contributed by atoms with Crippen LogP contribution in [-0.2, 0) is 0 Å². The minimum Gasteiger partial charge on any atom is -0.493 e. The van der Waals surface area contributed by atoms with Gasteiger partial charge in [0.15, 0.2) is 11.5 Å². The zero-order valence-corrected chi connectivity index (χ0v) is 10.1. The summed E-state index contributed by atoms with van der Waals surface area (Å²) in [6.45, 7) is 0.520. The van der Waals surface area contributed by atoms with E-state index in [2.05, 4.69) is 22.0 Å². The van der Waals surface area contributed by atoms with Gasteiger partial charge >= 0.3 is 0 Å². The van der Waals surface area contributed by atoms with Gasteiger partial charge in [0.2, 0.25) is 0 Å². The maximum atomic E-state index is 8.38. The van der Waals surface area contributed by atoms with Crippen molar-refractivity contribution in [2.75, 3.05) is 13.7 Å². The van der Waals surface area contributed by atoms with Crippen LogP contribution in [0.3, 0.4) is 0 Å². The molecule has 0 aliphatic rings. The number of para-hydroxylation sites is 1. The number of methoxy groups -OCH3 is 1. The number of hydrogen-bond acceptors (Lipinski definition) is 3. The summed E-state index contributed by atoms with van der Waals surface area (Å²) in [5, 5.41) is 8.38. The first-order valence-corrected chi connectivity index (χ1v) is 5.41. The fourth-order valence-corrected chi connectivity index (χ4v) is 1.58. The van der Waals surface area contributed by atoms with E-state index in [0.29, 0.717) is 24.5 Å². The average molecular weight is 270 g/mol. The lowest BCUT2D eigenvalue weighted by molar-refractivity contribution is 0.289. The Morgan fingerprint density at radius 3 is 2.93 bits per heavy atom. The lowest BCUT2D eigenvalue weighted by atomic mass is 10.3. The second-order valence-corrected chi connectivity index (χ2v) is 3.74. The Hall–Kier alpha value is -1.21. The standard InChI is InChI=1S/C11H12BrNO2/c1-14-10-6-4-5-9(12)11(10)15-8-3-2-7-13/h4-6H,2-3,8H2,1H3. The molecule has 0 saturated heterocycles. The molecule has 0 aliphatic carbocycles. The van der Waals surface area contributed by atoms with Crippen LogP contribution in [0.15, 0.2) is 22.7 Å². The summed E-state index contributed by atoms with van der Waals surface area (Å²) in [7, 11) is 1.60. The smallest absolute Gasteiger partial charge is 0.175 e. The first-order valence-electron chi connectivity index (χ1n) is 4.62. The molecule has 0 amide bonds. The molecular formula is C11H12BrNO2. The van der Waals surface area contributed by atoms with E-state index in [1.165, 1.54) is 0 Å². The molecule has 0 atom stereocenters. The summed E-state index contributed by atoms with van der Waals surface area (Å²) in [6, 6.07) is 7.68. The molecule has 1 aromatic rings. The van der Waals surface area contributed by atoms with E-state index in [9.17, 15) is 0 Å². The quantitative estimate of drug-likeness (QED) is 0.772. The number of benzene rings is 1.